The monoisotopic (exact) mass is 363 g/mol. The summed E-state index contributed by atoms with van der Waals surface area (Å²) in [5.74, 6) is 0.0681. The second kappa shape index (κ2) is 7.70. The molecule has 0 atom stereocenters. The van der Waals surface area contributed by atoms with E-state index < -0.39 is 4.92 Å². The highest BCUT2D eigenvalue weighted by molar-refractivity contribution is 9.09. The van der Waals surface area contributed by atoms with E-state index in [9.17, 15) is 14.9 Å². The maximum Gasteiger partial charge on any atom is 0.270 e. The molecule has 6 heteroatoms. The van der Waals surface area contributed by atoms with Crippen LogP contribution in [0.4, 0.5) is 5.69 Å². The third kappa shape index (κ3) is 3.92. The van der Waals surface area contributed by atoms with Crippen molar-refractivity contribution in [2.75, 3.05) is 11.9 Å². The van der Waals surface area contributed by atoms with Gasteiger partial charge in [-0.3, -0.25) is 14.9 Å². The zero-order valence-corrected chi connectivity index (χ0v) is 13.3. The van der Waals surface area contributed by atoms with Gasteiger partial charge in [0.1, 0.15) is 5.75 Å². The highest BCUT2D eigenvalue weighted by atomic mass is 79.9. The Morgan fingerprint density at radius 2 is 1.91 bits per heavy atom. The summed E-state index contributed by atoms with van der Waals surface area (Å²) in [4.78, 5) is 23.0. The van der Waals surface area contributed by atoms with E-state index in [0.29, 0.717) is 17.9 Å². The minimum Gasteiger partial charge on any atom is -0.493 e. The van der Waals surface area contributed by atoms with Crippen molar-refractivity contribution in [3.8, 4) is 5.75 Å². The number of carbonyl (C=O) groups is 1. The van der Waals surface area contributed by atoms with E-state index in [1.165, 1.54) is 18.2 Å². The van der Waals surface area contributed by atoms with Crippen LogP contribution in [-0.4, -0.2) is 22.6 Å². The first-order chi connectivity index (χ1) is 10.6. The Morgan fingerprint density at radius 3 is 2.55 bits per heavy atom. The van der Waals surface area contributed by atoms with Crippen molar-refractivity contribution >= 4 is 27.4 Å². The van der Waals surface area contributed by atoms with E-state index in [1.807, 2.05) is 0 Å². The maximum atomic E-state index is 12.6. The summed E-state index contributed by atoms with van der Waals surface area (Å²) in [6.45, 7) is 0.429. The van der Waals surface area contributed by atoms with Crippen LogP contribution in [0.3, 0.4) is 0 Å². The molecule has 0 spiro atoms. The number of hydrogen-bond acceptors (Lipinski definition) is 4. The zero-order valence-electron chi connectivity index (χ0n) is 11.7. The predicted octanol–water partition coefficient (Wildman–Crippen LogP) is 3.99. The highest BCUT2D eigenvalue weighted by Gasteiger charge is 2.19. The van der Waals surface area contributed by atoms with E-state index in [-0.39, 0.29) is 17.0 Å². The molecule has 5 nitrogen and oxygen atoms in total. The van der Waals surface area contributed by atoms with Crippen molar-refractivity contribution in [3.63, 3.8) is 0 Å². The number of halogens is 1. The molecule has 22 heavy (non-hydrogen) atoms. The van der Waals surface area contributed by atoms with Crippen molar-refractivity contribution in [2.45, 2.75) is 6.42 Å². The molecule has 0 aliphatic heterocycles. The Bertz CT molecular complexity index is 673. The van der Waals surface area contributed by atoms with Crippen LogP contribution in [0.25, 0.3) is 0 Å². The summed E-state index contributed by atoms with van der Waals surface area (Å²) in [5, 5.41) is 11.7. The van der Waals surface area contributed by atoms with Crippen LogP contribution in [0.1, 0.15) is 22.3 Å². The zero-order chi connectivity index (χ0) is 15.9. The Hall–Kier alpha value is -2.21. The fourth-order valence-electron chi connectivity index (χ4n) is 1.92. The number of rotatable bonds is 7. The highest BCUT2D eigenvalue weighted by Crippen LogP contribution is 2.27. The van der Waals surface area contributed by atoms with Crippen molar-refractivity contribution in [2.24, 2.45) is 0 Å². The lowest BCUT2D eigenvalue weighted by molar-refractivity contribution is -0.384. The molecular formula is C16H14BrNO4. The molecule has 0 saturated carbocycles. The van der Waals surface area contributed by atoms with Crippen LogP contribution >= 0.6 is 15.9 Å². The minimum absolute atomic E-state index is 0.132. The summed E-state index contributed by atoms with van der Waals surface area (Å²) in [6, 6.07) is 12.7. The molecule has 0 unspecified atom stereocenters. The molecule has 114 valence electrons. The molecular weight excluding hydrogens is 350 g/mol. The van der Waals surface area contributed by atoms with Gasteiger partial charge in [-0.25, -0.2) is 0 Å². The van der Waals surface area contributed by atoms with Crippen molar-refractivity contribution in [3.05, 3.63) is 69.8 Å². The number of nitro groups is 1. The Kier molecular flexibility index (Phi) is 5.66. The Balaban J connectivity index is 2.38. The van der Waals surface area contributed by atoms with Gasteiger partial charge in [0.25, 0.3) is 5.69 Å². The smallest absolute Gasteiger partial charge is 0.270 e. The first-order valence-corrected chi connectivity index (χ1v) is 7.82. The summed E-state index contributed by atoms with van der Waals surface area (Å²) >= 11 is 3.30. The molecule has 0 aromatic heterocycles. The van der Waals surface area contributed by atoms with E-state index in [1.54, 1.807) is 30.3 Å². The molecule has 0 radical (unpaired) electrons. The molecule has 2 aromatic carbocycles. The molecule has 0 heterocycles. The lowest BCUT2D eigenvalue weighted by Gasteiger charge is -2.10. The molecule has 2 aromatic rings. The molecule has 0 bridgehead atoms. The normalized spacial score (nSPS) is 10.2. The number of alkyl halides is 1. The van der Waals surface area contributed by atoms with Gasteiger partial charge in [0.15, 0.2) is 5.78 Å². The Labute approximate surface area is 136 Å². The fraction of sp³-hybridized carbons (Fsp3) is 0.188. The Morgan fingerprint density at radius 1 is 1.18 bits per heavy atom. The molecule has 0 N–H and O–H groups in total. The van der Waals surface area contributed by atoms with E-state index >= 15 is 0 Å². The van der Waals surface area contributed by atoms with Crippen molar-refractivity contribution in [1.82, 2.24) is 0 Å². The molecule has 0 aliphatic carbocycles. The van der Waals surface area contributed by atoms with Gasteiger partial charge in [-0.2, -0.15) is 0 Å². The molecule has 0 amide bonds. The number of ether oxygens (including phenoxy) is 1. The van der Waals surface area contributed by atoms with Crippen LogP contribution in [0, 0.1) is 10.1 Å². The first kappa shape index (κ1) is 16.2. The topological polar surface area (TPSA) is 69.4 Å². The van der Waals surface area contributed by atoms with Gasteiger partial charge in [-0.05, 0) is 12.5 Å². The number of nitrogens with zero attached hydrogens (tertiary/aromatic N) is 1. The van der Waals surface area contributed by atoms with E-state index in [4.69, 9.17) is 4.74 Å². The van der Waals surface area contributed by atoms with Gasteiger partial charge in [0.2, 0.25) is 0 Å². The van der Waals surface area contributed by atoms with Crippen LogP contribution in [0.15, 0.2) is 48.5 Å². The quantitative estimate of drug-likeness (QED) is 0.245. The SMILES string of the molecule is O=C(c1ccccc1)c1cc([N+](=O)[O-])ccc1OCCCBr. The van der Waals surface area contributed by atoms with Gasteiger partial charge >= 0.3 is 0 Å². The number of hydrogen-bond donors (Lipinski definition) is 0. The van der Waals surface area contributed by atoms with Crippen LogP contribution in [-0.2, 0) is 0 Å². The molecule has 0 saturated heterocycles. The first-order valence-electron chi connectivity index (χ1n) is 6.70. The fourth-order valence-corrected chi connectivity index (χ4v) is 2.15. The summed E-state index contributed by atoms with van der Waals surface area (Å²) < 4.78 is 5.58. The van der Waals surface area contributed by atoms with Crippen LogP contribution < -0.4 is 4.74 Å². The average molecular weight is 364 g/mol. The van der Waals surface area contributed by atoms with Gasteiger partial charge in [0, 0.05) is 23.0 Å². The second-order valence-electron chi connectivity index (χ2n) is 4.52. The molecule has 0 fully saturated rings. The number of benzene rings is 2. The second-order valence-corrected chi connectivity index (χ2v) is 5.32. The standard InChI is InChI=1S/C16H14BrNO4/c17-9-4-10-22-15-8-7-13(18(20)21)11-14(15)16(19)12-5-2-1-3-6-12/h1-3,5-8,11H,4,9-10H2. The lowest BCUT2D eigenvalue weighted by Crippen LogP contribution is -2.07. The number of non-ortho nitro benzene ring substituents is 1. The summed E-state index contributed by atoms with van der Waals surface area (Å²) in [6.07, 6.45) is 0.774. The van der Waals surface area contributed by atoms with Gasteiger partial charge in [-0.15, -0.1) is 0 Å². The maximum absolute atomic E-state index is 12.6. The minimum atomic E-state index is -0.524. The lowest BCUT2D eigenvalue weighted by atomic mass is 10.0. The summed E-state index contributed by atoms with van der Waals surface area (Å²) in [5.41, 5.74) is 0.537. The largest absolute Gasteiger partial charge is 0.493 e. The van der Waals surface area contributed by atoms with Crippen LogP contribution in [0.5, 0.6) is 5.75 Å². The average Bonchev–Trinajstić information content (AvgIpc) is 2.55. The van der Waals surface area contributed by atoms with Gasteiger partial charge in [0.05, 0.1) is 17.1 Å². The summed E-state index contributed by atoms with van der Waals surface area (Å²) in [7, 11) is 0. The molecule has 0 aliphatic rings. The van der Waals surface area contributed by atoms with Crippen molar-refractivity contribution < 1.29 is 14.5 Å². The van der Waals surface area contributed by atoms with Gasteiger partial charge in [-0.1, -0.05) is 46.3 Å². The third-order valence-electron chi connectivity index (χ3n) is 2.99. The third-order valence-corrected chi connectivity index (χ3v) is 3.55. The number of ketones is 1. The van der Waals surface area contributed by atoms with Crippen LogP contribution in [0.2, 0.25) is 0 Å². The van der Waals surface area contributed by atoms with E-state index in [2.05, 4.69) is 15.9 Å². The predicted molar refractivity (Wildman–Crippen MR) is 86.9 cm³/mol. The van der Waals surface area contributed by atoms with Crippen molar-refractivity contribution in [1.29, 1.82) is 0 Å². The van der Waals surface area contributed by atoms with E-state index in [0.717, 1.165) is 11.8 Å². The van der Waals surface area contributed by atoms with Gasteiger partial charge < -0.3 is 4.74 Å². The number of nitro benzene ring substituents is 1. The molecule has 2 rings (SSSR count). The number of carbonyl (C=O) groups excluding carboxylic acids is 1.